The summed E-state index contributed by atoms with van der Waals surface area (Å²) < 4.78 is 16.4. The first-order chi connectivity index (χ1) is 14.9. The van der Waals surface area contributed by atoms with Gasteiger partial charge >= 0.3 is 5.97 Å². The second-order valence-corrected chi connectivity index (χ2v) is 7.50. The molecule has 0 bridgehead atoms. The van der Waals surface area contributed by atoms with Crippen molar-refractivity contribution >= 4 is 29.2 Å². The van der Waals surface area contributed by atoms with Gasteiger partial charge in [-0.15, -0.1) is 0 Å². The Morgan fingerprint density at radius 1 is 1.23 bits per heavy atom. The maximum atomic E-state index is 12.7. The van der Waals surface area contributed by atoms with Crippen LogP contribution in [-0.2, 0) is 20.9 Å². The standard InChI is InChI=1S/C23H20Cl2N2O4/c1-3-29-23(28)19-13(2)31-22(27)16(11-26)20(19)21-17(24)9-15(10-18(21)25)30-12-14-7-5-4-6-8-14/h4-10,20H,3,12,27H2,1-2H3. The molecule has 0 fully saturated rings. The first kappa shape index (κ1) is 22.5. The monoisotopic (exact) mass is 458 g/mol. The largest absolute Gasteiger partial charge is 0.489 e. The Bertz CT molecular complexity index is 1080. The highest BCUT2D eigenvalue weighted by molar-refractivity contribution is 6.36. The number of halogens is 2. The fraction of sp³-hybridized carbons (Fsp3) is 0.217. The zero-order valence-corrected chi connectivity index (χ0v) is 18.5. The van der Waals surface area contributed by atoms with Crippen LogP contribution in [0.1, 0.15) is 30.9 Å². The second kappa shape index (κ2) is 9.78. The van der Waals surface area contributed by atoms with Crippen molar-refractivity contribution in [2.75, 3.05) is 6.61 Å². The molecule has 1 aliphatic heterocycles. The molecule has 1 heterocycles. The number of nitrogens with zero attached hydrogens (tertiary/aromatic N) is 1. The summed E-state index contributed by atoms with van der Waals surface area (Å²) in [6.07, 6.45) is 0. The van der Waals surface area contributed by atoms with Crippen molar-refractivity contribution in [2.24, 2.45) is 5.73 Å². The van der Waals surface area contributed by atoms with E-state index >= 15 is 0 Å². The van der Waals surface area contributed by atoms with Gasteiger partial charge in [0.05, 0.1) is 18.1 Å². The minimum absolute atomic E-state index is 0.0235. The first-order valence-electron chi connectivity index (χ1n) is 9.48. The fourth-order valence-electron chi connectivity index (χ4n) is 3.30. The lowest BCUT2D eigenvalue weighted by molar-refractivity contribution is -0.139. The van der Waals surface area contributed by atoms with Gasteiger partial charge in [0, 0.05) is 15.6 Å². The highest BCUT2D eigenvalue weighted by atomic mass is 35.5. The molecule has 0 aromatic heterocycles. The summed E-state index contributed by atoms with van der Waals surface area (Å²) in [6, 6.07) is 14.8. The lowest BCUT2D eigenvalue weighted by Gasteiger charge is -2.28. The van der Waals surface area contributed by atoms with Crippen molar-refractivity contribution in [1.82, 2.24) is 0 Å². The zero-order valence-electron chi connectivity index (χ0n) is 16.9. The average Bonchev–Trinajstić information content (AvgIpc) is 2.72. The van der Waals surface area contributed by atoms with E-state index in [1.54, 1.807) is 26.0 Å². The molecule has 1 aliphatic rings. The van der Waals surface area contributed by atoms with Crippen LogP contribution >= 0.6 is 23.2 Å². The predicted molar refractivity (Wildman–Crippen MR) is 117 cm³/mol. The lowest BCUT2D eigenvalue weighted by Crippen LogP contribution is -2.26. The quantitative estimate of drug-likeness (QED) is 0.596. The third kappa shape index (κ3) is 4.79. The average molecular weight is 459 g/mol. The van der Waals surface area contributed by atoms with Crippen molar-refractivity contribution in [3.05, 3.63) is 86.4 Å². The molecule has 1 unspecified atom stereocenters. The Hall–Kier alpha value is -3.14. The Morgan fingerprint density at radius 2 is 1.87 bits per heavy atom. The van der Waals surface area contributed by atoms with Crippen molar-refractivity contribution in [3.63, 3.8) is 0 Å². The normalized spacial score (nSPS) is 15.9. The highest BCUT2D eigenvalue weighted by Gasteiger charge is 2.38. The topological polar surface area (TPSA) is 94.6 Å². The smallest absolute Gasteiger partial charge is 0.338 e. The van der Waals surface area contributed by atoms with Crippen LogP contribution in [-0.4, -0.2) is 12.6 Å². The summed E-state index contributed by atoms with van der Waals surface area (Å²) in [6.45, 7) is 3.73. The van der Waals surface area contributed by atoms with Gasteiger partial charge in [-0.2, -0.15) is 5.26 Å². The summed E-state index contributed by atoms with van der Waals surface area (Å²) in [5, 5.41) is 10.1. The van der Waals surface area contributed by atoms with E-state index in [0.717, 1.165) is 5.56 Å². The molecule has 0 aliphatic carbocycles. The van der Waals surface area contributed by atoms with E-state index in [9.17, 15) is 10.1 Å². The van der Waals surface area contributed by atoms with Crippen LogP contribution in [0.2, 0.25) is 10.0 Å². The summed E-state index contributed by atoms with van der Waals surface area (Å²) in [7, 11) is 0. The molecule has 0 saturated carbocycles. The Labute approximate surface area is 190 Å². The van der Waals surface area contributed by atoms with Crippen molar-refractivity contribution in [3.8, 4) is 11.8 Å². The molecule has 2 aromatic carbocycles. The summed E-state index contributed by atoms with van der Waals surface area (Å²) in [5.74, 6) is -1.02. The molecule has 0 spiro atoms. The molecular weight excluding hydrogens is 439 g/mol. The van der Waals surface area contributed by atoms with Crippen LogP contribution in [0.4, 0.5) is 0 Å². The predicted octanol–water partition coefficient (Wildman–Crippen LogP) is 5.22. The maximum absolute atomic E-state index is 12.7. The SMILES string of the molecule is CCOC(=O)C1=C(C)OC(N)=C(C#N)C1c1c(Cl)cc(OCc2ccccc2)cc1Cl. The van der Waals surface area contributed by atoms with E-state index in [-0.39, 0.29) is 39.4 Å². The molecule has 6 nitrogen and oxygen atoms in total. The van der Waals surface area contributed by atoms with Gasteiger partial charge in [0.15, 0.2) is 0 Å². The number of allylic oxidation sites excluding steroid dienone is 2. The van der Waals surface area contributed by atoms with Crippen LogP contribution in [0.15, 0.2) is 65.3 Å². The molecular formula is C23H20Cl2N2O4. The zero-order chi connectivity index (χ0) is 22.5. The van der Waals surface area contributed by atoms with Gasteiger partial charge in [-0.3, -0.25) is 0 Å². The molecule has 0 saturated heterocycles. The van der Waals surface area contributed by atoms with E-state index < -0.39 is 11.9 Å². The second-order valence-electron chi connectivity index (χ2n) is 6.69. The van der Waals surface area contributed by atoms with E-state index in [0.29, 0.717) is 17.9 Å². The number of hydrogen-bond acceptors (Lipinski definition) is 6. The number of carbonyl (C=O) groups excluding carboxylic acids is 1. The lowest BCUT2D eigenvalue weighted by atomic mass is 9.83. The Morgan fingerprint density at radius 3 is 2.45 bits per heavy atom. The van der Waals surface area contributed by atoms with Crippen molar-refractivity contribution in [1.29, 1.82) is 5.26 Å². The van der Waals surface area contributed by atoms with Crippen molar-refractivity contribution < 1.29 is 19.0 Å². The molecule has 2 aromatic rings. The van der Waals surface area contributed by atoms with E-state index in [4.69, 9.17) is 43.1 Å². The maximum Gasteiger partial charge on any atom is 0.338 e. The molecule has 31 heavy (non-hydrogen) atoms. The minimum atomic E-state index is -0.930. The molecule has 8 heteroatoms. The molecule has 0 amide bonds. The number of rotatable bonds is 6. The van der Waals surface area contributed by atoms with E-state index in [2.05, 4.69) is 0 Å². The molecule has 1 atom stereocenters. The number of carbonyl (C=O) groups is 1. The summed E-state index contributed by atoms with van der Waals surface area (Å²) >= 11 is 13.1. The van der Waals surface area contributed by atoms with E-state index in [1.165, 1.54) is 0 Å². The number of hydrogen-bond donors (Lipinski definition) is 1. The Balaban J connectivity index is 2.02. The number of ether oxygens (including phenoxy) is 3. The minimum Gasteiger partial charge on any atom is -0.489 e. The third-order valence-electron chi connectivity index (χ3n) is 4.69. The van der Waals surface area contributed by atoms with Gasteiger partial charge in [0.25, 0.3) is 0 Å². The van der Waals surface area contributed by atoms with E-state index in [1.807, 2.05) is 36.4 Å². The molecule has 160 valence electrons. The van der Waals surface area contributed by atoms with Crippen LogP contribution < -0.4 is 10.5 Å². The van der Waals surface area contributed by atoms with Gasteiger partial charge in [-0.05, 0) is 31.5 Å². The highest BCUT2D eigenvalue weighted by Crippen LogP contribution is 2.46. The van der Waals surface area contributed by atoms with Gasteiger partial charge in [-0.25, -0.2) is 4.79 Å². The fourth-order valence-corrected chi connectivity index (χ4v) is 3.99. The number of nitriles is 1. The van der Waals surface area contributed by atoms with Crippen LogP contribution in [0.3, 0.4) is 0 Å². The van der Waals surface area contributed by atoms with Gasteiger partial charge in [-0.1, -0.05) is 53.5 Å². The number of esters is 1. The van der Waals surface area contributed by atoms with Gasteiger partial charge in [0.1, 0.15) is 29.8 Å². The summed E-state index contributed by atoms with van der Waals surface area (Å²) in [5.41, 5.74) is 7.40. The van der Waals surface area contributed by atoms with Gasteiger partial charge in [0.2, 0.25) is 5.88 Å². The van der Waals surface area contributed by atoms with Crippen LogP contribution in [0, 0.1) is 11.3 Å². The van der Waals surface area contributed by atoms with Crippen LogP contribution in [0.25, 0.3) is 0 Å². The first-order valence-corrected chi connectivity index (χ1v) is 10.2. The molecule has 0 radical (unpaired) electrons. The Kier molecular flexibility index (Phi) is 7.11. The van der Waals surface area contributed by atoms with Crippen molar-refractivity contribution in [2.45, 2.75) is 26.4 Å². The van der Waals surface area contributed by atoms with Gasteiger partial charge < -0.3 is 19.9 Å². The molecule has 2 N–H and O–H groups in total. The number of nitrogens with two attached hydrogens (primary N) is 1. The third-order valence-corrected chi connectivity index (χ3v) is 5.32. The molecule has 3 rings (SSSR count). The number of benzene rings is 2. The summed E-state index contributed by atoms with van der Waals surface area (Å²) in [4.78, 5) is 12.7. The van der Waals surface area contributed by atoms with Crippen LogP contribution in [0.5, 0.6) is 5.75 Å².